The van der Waals surface area contributed by atoms with Crippen LogP contribution < -0.4 is 10.2 Å². The van der Waals surface area contributed by atoms with E-state index in [4.69, 9.17) is 4.74 Å². The zero-order valence-electron chi connectivity index (χ0n) is 15.5. The molecule has 146 valence electrons. The maximum atomic E-state index is 13.6. The predicted molar refractivity (Wildman–Crippen MR) is 102 cm³/mol. The van der Waals surface area contributed by atoms with Crippen molar-refractivity contribution < 1.29 is 23.1 Å². The summed E-state index contributed by atoms with van der Waals surface area (Å²) in [7, 11) is 1.34. The molecule has 2 aromatic carbocycles. The van der Waals surface area contributed by atoms with Gasteiger partial charge in [-0.25, -0.2) is 13.6 Å². The van der Waals surface area contributed by atoms with Crippen LogP contribution in [0.15, 0.2) is 42.5 Å². The summed E-state index contributed by atoms with van der Waals surface area (Å²) in [4.78, 5) is 25.5. The minimum absolute atomic E-state index is 0.129. The second-order valence-corrected chi connectivity index (χ2v) is 6.49. The summed E-state index contributed by atoms with van der Waals surface area (Å²) < 4.78 is 31.3. The van der Waals surface area contributed by atoms with Crippen LogP contribution in [-0.4, -0.2) is 25.7 Å². The first-order valence-electron chi connectivity index (χ1n) is 8.81. The van der Waals surface area contributed by atoms with Gasteiger partial charge in [-0.05, 0) is 48.7 Å². The summed E-state index contributed by atoms with van der Waals surface area (Å²) in [5.41, 5.74) is 2.83. The van der Waals surface area contributed by atoms with Gasteiger partial charge in [0.25, 0.3) is 0 Å². The van der Waals surface area contributed by atoms with Crippen molar-refractivity contribution in [3.05, 3.63) is 70.8 Å². The van der Waals surface area contributed by atoms with Gasteiger partial charge in [0.1, 0.15) is 11.6 Å². The van der Waals surface area contributed by atoms with Crippen LogP contribution in [0.25, 0.3) is 6.08 Å². The van der Waals surface area contributed by atoms with E-state index in [-0.39, 0.29) is 11.6 Å². The molecule has 1 unspecified atom stereocenters. The van der Waals surface area contributed by atoms with Gasteiger partial charge in [-0.15, -0.1) is 0 Å². The van der Waals surface area contributed by atoms with Gasteiger partial charge in [0.05, 0.1) is 18.8 Å². The fraction of sp³-hybridized carbons (Fsp3) is 0.238. The van der Waals surface area contributed by atoms with Gasteiger partial charge < -0.3 is 10.1 Å². The standard InChI is InChI=1S/C21H20F2N2O3/c1-13(24-20(26)8-5-14-3-6-17(22)12-18(14)23)15-4-7-19-16(11-15)9-10-25(19)21(27)28-2/h3-8,11-13H,9-10H2,1-2H3,(H,24,26). The van der Waals surface area contributed by atoms with Crippen LogP contribution in [0.4, 0.5) is 19.3 Å². The quantitative estimate of drug-likeness (QED) is 0.809. The van der Waals surface area contributed by atoms with E-state index in [1.165, 1.54) is 25.3 Å². The average molecular weight is 386 g/mol. The molecule has 0 radical (unpaired) electrons. The molecule has 0 fully saturated rings. The van der Waals surface area contributed by atoms with Crippen molar-refractivity contribution in [1.82, 2.24) is 5.32 Å². The summed E-state index contributed by atoms with van der Waals surface area (Å²) >= 11 is 0. The van der Waals surface area contributed by atoms with Crippen molar-refractivity contribution in [2.24, 2.45) is 0 Å². The Hall–Kier alpha value is -3.22. The fourth-order valence-corrected chi connectivity index (χ4v) is 3.14. The zero-order valence-corrected chi connectivity index (χ0v) is 15.5. The number of amides is 2. The predicted octanol–water partition coefficient (Wildman–Crippen LogP) is 3.98. The maximum absolute atomic E-state index is 13.6. The molecule has 0 spiro atoms. The fourth-order valence-electron chi connectivity index (χ4n) is 3.14. The van der Waals surface area contributed by atoms with Crippen LogP contribution in [0.2, 0.25) is 0 Å². The number of fused-ring (bicyclic) bond motifs is 1. The number of rotatable bonds is 4. The molecule has 7 heteroatoms. The number of carbonyl (C=O) groups excluding carboxylic acids is 2. The van der Waals surface area contributed by atoms with E-state index in [9.17, 15) is 18.4 Å². The van der Waals surface area contributed by atoms with Gasteiger partial charge in [0.15, 0.2) is 0 Å². The van der Waals surface area contributed by atoms with Crippen LogP contribution in [-0.2, 0) is 16.0 Å². The first-order valence-corrected chi connectivity index (χ1v) is 8.81. The number of carbonyl (C=O) groups is 2. The molecular weight excluding hydrogens is 366 g/mol. The molecule has 2 aromatic rings. The lowest BCUT2D eigenvalue weighted by atomic mass is 10.0. The van der Waals surface area contributed by atoms with Crippen LogP contribution >= 0.6 is 0 Å². The summed E-state index contributed by atoms with van der Waals surface area (Å²) in [6.45, 7) is 2.39. The third-order valence-corrected chi connectivity index (χ3v) is 4.63. The monoisotopic (exact) mass is 386 g/mol. The molecule has 28 heavy (non-hydrogen) atoms. The van der Waals surface area contributed by atoms with E-state index in [1.54, 1.807) is 4.90 Å². The molecule has 5 nitrogen and oxygen atoms in total. The van der Waals surface area contributed by atoms with E-state index in [0.29, 0.717) is 13.0 Å². The topological polar surface area (TPSA) is 58.6 Å². The number of anilines is 1. The molecule has 0 aliphatic carbocycles. The minimum atomic E-state index is -0.731. The number of nitrogens with zero attached hydrogens (tertiary/aromatic N) is 1. The SMILES string of the molecule is COC(=O)N1CCc2cc(C(C)NC(=O)C=Cc3ccc(F)cc3F)ccc21. The first-order chi connectivity index (χ1) is 13.4. The number of benzene rings is 2. The third kappa shape index (κ3) is 4.19. The Morgan fingerprint density at radius 2 is 2.00 bits per heavy atom. The highest BCUT2D eigenvalue weighted by atomic mass is 19.1. The number of hydrogen-bond donors (Lipinski definition) is 1. The Labute approximate surface area is 161 Å². The highest BCUT2D eigenvalue weighted by molar-refractivity contribution is 5.92. The van der Waals surface area contributed by atoms with Gasteiger partial charge in [0.2, 0.25) is 5.91 Å². The molecule has 1 N–H and O–H groups in total. The molecule has 0 saturated carbocycles. The number of nitrogens with one attached hydrogen (secondary N) is 1. The molecule has 1 aliphatic heterocycles. The Morgan fingerprint density at radius 1 is 1.21 bits per heavy atom. The van der Waals surface area contributed by atoms with Crippen molar-refractivity contribution >= 4 is 23.8 Å². The molecule has 0 saturated heterocycles. The Kier molecular flexibility index (Phi) is 5.73. The summed E-state index contributed by atoms with van der Waals surface area (Å²) in [5, 5.41) is 2.81. The van der Waals surface area contributed by atoms with Gasteiger partial charge in [-0.2, -0.15) is 0 Å². The third-order valence-electron chi connectivity index (χ3n) is 4.63. The second kappa shape index (κ2) is 8.21. The highest BCUT2D eigenvalue weighted by Gasteiger charge is 2.25. The molecule has 0 aromatic heterocycles. The lowest BCUT2D eigenvalue weighted by Crippen LogP contribution is -2.28. The van der Waals surface area contributed by atoms with Crippen molar-refractivity contribution in [1.29, 1.82) is 0 Å². The first kappa shape index (κ1) is 19.5. The number of methoxy groups -OCH3 is 1. The van der Waals surface area contributed by atoms with Crippen molar-refractivity contribution in [3.8, 4) is 0 Å². The van der Waals surface area contributed by atoms with Crippen LogP contribution in [0.5, 0.6) is 0 Å². The Balaban J connectivity index is 1.66. The van der Waals surface area contributed by atoms with E-state index < -0.39 is 23.6 Å². The molecule has 0 bridgehead atoms. The molecule has 1 heterocycles. The number of halogens is 2. The normalized spacial score (nSPS) is 14.1. The highest BCUT2D eigenvalue weighted by Crippen LogP contribution is 2.31. The van der Waals surface area contributed by atoms with Gasteiger partial charge in [0, 0.05) is 24.3 Å². The van der Waals surface area contributed by atoms with Gasteiger partial charge >= 0.3 is 6.09 Å². The van der Waals surface area contributed by atoms with Gasteiger partial charge in [-0.1, -0.05) is 12.1 Å². The van der Waals surface area contributed by atoms with E-state index >= 15 is 0 Å². The van der Waals surface area contributed by atoms with Crippen LogP contribution in [0.1, 0.15) is 29.7 Å². The van der Waals surface area contributed by atoms with Crippen molar-refractivity contribution in [2.45, 2.75) is 19.4 Å². The zero-order chi connectivity index (χ0) is 20.3. The lowest BCUT2D eigenvalue weighted by Gasteiger charge is -2.17. The van der Waals surface area contributed by atoms with Crippen LogP contribution in [0, 0.1) is 11.6 Å². The largest absolute Gasteiger partial charge is 0.452 e. The Bertz CT molecular complexity index is 943. The van der Waals surface area contributed by atoms with E-state index in [2.05, 4.69) is 5.32 Å². The molecule has 2 amide bonds. The number of ether oxygens (including phenoxy) is 1. The average Bonchev–Trinajstić information content (AvgIpc) is 3.09. The van der Waals surface area contributed by atoms with Crippen molar-refractivity contribution in [2.75, 3.05) is 18.6 Å². The van der Waals surface area contributed by atoms with Crippen LogP contribution in [0.3, 0.4) is 0 Å². The summed E-state index contributed by atoms with van der Waals surface area (Å²) in [6.07, 6.45) is 2.82. The molecule has 3 rings (SSSR count). The van der Waals surface area contributed by atoms with Gasteiger partial charge in [-0.3, -0.25) is 9.69 Å². The smallest absolute Gasteiger partial charge is 0.414 e. The lowest BCUT2D eigenvalue weighted by molar-refractivity contribution is -0.117. The number of hydrogen-bond acceptors (Lipinski definition) is 3. The minimum Gasteiger partial charge on any atom is -0.452 e. The Morgan fingerprint density at radius 3 is 2.71 bits per heavy atom. The maximum Gasteiger partial charge on any atom is 0.414 e. The molecular formula is C21H20F2N2O3. The van der Waals surface area contributed by atoms with E-state index in [1.807, 2.05) is 25.1 Å². The summed E-state index contributed by atoms with van der Waals surface area (Å²) in [5.74, 6) is -1.80. The van der Waals surface area contributed by atoms with Crippen molar-refractivity contribution in [3.63, 3.8) is 0 Å². The molecule has 1 aliphatic rings. The van der Waals surface area contributed by atoms with E-state index in [0.717, 1.165) is 28.9 Å². The molecule has 1 atom stereocenters. The second-order valence-electron chi connectivity index (χ2n) is 6.49. The summed E-state index contributed by atoms with van der Waals surface area (Å²) in [6, 6.07) is 8.51.